The fourth-order valence-corrected chi connectivity index (χ4v) is 4.90. The Hall–Kier alpha value is -3.03. The van der Waals surface area contributed by atoms with Crippen molar-refractivity contribution in [2.24, 2.45) is 0 Å². The van der Waals surface area contributed by atoms with E-state index in [1.165, 1.54) is 16.4 Å². The minimum atomic E-state index is -3.66. The molecule has 0 saturated carbocycles. The number of para-hydroxylation sites is 1. The lowest BCUT2D eigenvalue weighted by atomic mass is 10.2. The monoisotopic (exact) mass is 442 g/mol. The van der Waals surface area contributed by atoms with Crippen LogP contribution in [0.2, 0.25) is 5.02 Å². The summed E-state index contributed by atoms with van der Waals surface area (Å²) >= 11 is 5.82. The van der Waals surface area contributed by atoms with Gasteiger partial charge in [0, 0.05) is 17.3 Å². The molecule has 0 spiro atoms. The highest BCUT2D eigenvalue weighted by atomic mass is 35.5. The van der Waals surface area contributed by atoms with Crippen molar-refractivity contribution in [3.05, 3.63) is 83.4 Å². The van der Waals surface area contributed by atoms with E-state index in [0.29, 0.717) is 29.4 Å². The van der Waals surface area contributed by atoms with Gasteiger partial charge >= 0.3 is 0 Å². The third-order valence-corrected chi connectivity index (χ3v) is 6.83. The largest absolute Gasteiger partial charge is 0.484 e. The van der Waals surface area contributed by atoms with Gasteiger partial charge in [0.2, 0.25) is 0 Å². The molecule has 1 aliphatic rings. The molecule has 0 saturated heterocycles. The summed E-state index contributed by atoms with van der Waals surface area (Å²) in [5.74, 6) is 0.0738. The maximum Gasteiger partial charge on any atom is 0.264 e. The SMILES string of the molecule is O=C(COc1ccc(S(=O)(=O)N2CCc3ccccc32)cc1)Nc1ccc(Cl)cc1. The Balaban J connectivity index is 1.39. The molecule has 1 aliphatic heterocycles. The smallest absolute Gasteiger partial charge is 0.264 e. The van der Waals surface area contributed by atoms with E-state index in [4.69, 9.17) is 16.3 Å². The zero-order valence-corrected chi connectivity index (χ0v) is 17.5. The first-order valence-corrected chi connectivity index (χ1v) is 11.1. The van der Waals surface area contributed by atoms with Gasteiger partial charge in [-0.1, -0.05) is 29.8 Å². The van der Waals surface area contributed by atoms with E-state index in [2.05, 4.69) is 5.32 Å². The molecule has 154 valence electrons. The lowest BCUT2D eigenvalue weighted by Gasteiger charge is -2.19. The van der Waals surface area contributed by atoms with Crippen molar-refractivity contribution in [2.45, 2.75) is 11.3 Å². The van der Waals surface area contributed by atoms with Crippen molar-refractivity contribution in [1.29, 1.82) is 0 Å². The van der Waals surface area contributed by atoms with Crippen LogP contribution in [-0.4, -0.2) is 27.5 Å². The summed E-state index contributed by atoms with van der Waals surface area (Å²) in [4.78, 5) is 12.2. The predicted octanol–water partition coefficient (Wildman–Crippen LogP) is 4.11. The van der Waals surface area contributed by atoms with Crippen LogP contribution >= 0.6 is 11.6 Å². The molecule has 8 heteroatoms. The summed E-state index contributed by atoms with van der Waals surface area (Å²) in [5, 5.41) is 3.28. The van der Waals surface area contributed by atoms with Gasteiger partial charge in [0.25, 0.3) is 15.9 Å². The van der Waals surface area contributed by atoms with E-state index in [-0.39, 0.29) is 17.4 Å². The molecule has 4 rings (SSSR count). The zero-order chi connectivity index (χ0) is 21.1. The first kappa shape index (κ1) is 20.3. The Kier molecular flexibility index (Phi) is 5.65. The van der Waals surface area contributed by atoms with Gasteiger partial charge in [0.05, 0.1) is 10.6 Å². The van der Waals surface area contributed by atoms with Crippen LogP contribution in [0.1, 0.15) is 5.56 Å². The molecule has 0 aromatic heterocycles. The maximum atomic E-state index is 13.0. The predicted molar refractivity (Wildman–Crippen MR) is 117 cm³/mol. The van der Waals surface area contributed by atoms with Crippen molar-refractivity contribution in [1.82, 2.24) is 0 Å². The van der Waals surface area contributed by atoms with Crippen molar-refractivity contribution in [3.63, 3.8) is 0 Å². The van der Waals surface area contributed by atoms with Crippen molar-refractivity contribution < 1.29 is 17.9 Å². The summed E-state index contributed by atoms with van der Waals surface area (Å²) in [5.41, 5.74) is 2.35. The maximum absolute atomic E-state index is 13.0. The number of amides is 1. The molecular formula is C22H19ClN2O4S. The minimum absolute atomic E-state index is 0.178. The minimum Gasteiger partial charge on any atom is -0.484 e. The van der Waals surface area contributed by atoms with Crippen molar-refractivity contribution in [2.75, 3.05) is 22.8 Å². The number of nitrogens with zero attached hydrogens (tertiary/aromatic N) is 1. The third-order valence-electron chi connectivity index (χ3n) is 4.75. The molecule has 0 bridgehead atoms. The number of hydrogen-bond acceptors (Lipinski definition) is 4. The van der Waals surface area contributed by atoms with Crippen LogP contribution in [0.4, 0.5) is 11.4 Å². The lowest BCUT2D eigenvalue weighted by molar-refractivity contribution is -0.118. The number of hydrogen-bond donors (Lipinski definition) is 1. The van der Waals surface area contributed by atoms with Gasteiger partial charge in [-0.15, -0.1) is 0 Å². The summed E-state index contributed by atoms with van der Waals surface area (Å²) < 4.78 is 32.9. The Morgan fingerprint density at radius 2 is 1.70 bits per heavy atom. The second-order valence-electron chi connectivity index (χ2n) is 6.77. The van der Waals surface area contributed by atoms with E-state index in [0.717, 1.165) is 11.3 Å². The van der Waals surface area contributed by atoms with E-state index in [1.807, 2.05) is 24.3 Å². The first-order valence-electron chi connectivity index (χ1n) is 9.32. The van der Waals surface area contributed by atoms with Crippen LogP contribution in [-0.2, 0) is 21.2 Å². The molecule has 30 heavy (non-hydrogen) atoms. The number of anilines is 2. The number of nitrogens with one attached hydrogen (secondary N) is 1. The Morgan fingerprint density at radius 3 is 2.43 bits per heavy atom. The first-order chi connectivity index (χ1) is 14.4. The number of rotatable bonds is 6. The van der Waals surface area contributed by atoms with Crippen LogP contribution in [0.15, 0.2) is 77.7 Å². The molecule has 3 aromatic carbocycles. The molecule has 0 fully saturated rings. The quantitative estimate of drug-likeness (QED) is 0.623. The molecule has 6 nitrogen and oxygen atoms in total. The normalized spacial score (nSPS) is 13.0. The van der Waals surface area contributed by atoms with E-state index in [1.54, 1.807) is 36.4 Å². The lowest BCUT2D eigenvalue weighted by Crippen LogP contribution is -2.29. The van der Waals surface area contributed by atoms with Crippen molar-refractivity contribution in [3.8, 4) is 5.75 Å². The van der Waals surface area contributed by atoms with Crippen LogP contribution < -0.4 is 14.4 Å². The molecule has 0 aliphatic carbocycles. The molecule has 0 unspecified atom stereocenters. The second-order valence-corrected chi connectivity index (χ2v) is 9.07. The number of carbonyl (C=O) groups excluding carboxylic acids is 1. The molecule has 3 aromatic rings. The van der Waals surface area contributed by atoms with Crippen LogP contribution in [0.3, 0.4) is 0 Å². The number of fused-ring (bicyclic) bond motifs is 1. The topological polar surface area (TPSA) is 75.7 Å². The molecule has 0 atom stereocenters. The van der Waals surface area contributed by atoms with E-state index < -0.39 is 10.0 Å². The van der Waals surface area contributed by atoms with E-state index >= 15 is 0 Å². The summed E-state index contributed by atoms with van der Waals surface area (Å²) in [6, 6.07) is 20.3. The number of carbonyl (C=O) groups is 1. The average Bonchev–Trinajstić information content (AvgIpc) is 3.19. The van der Waals surface area contributed by atoms with E-state index in [9.17, 15) is 13.2 Å². The Bertz CT molecular complexity index is 1160. The molecule has 0 radical (unpaired) electrons. The van der Waals surface area contributed by atoms with Crippen LogP contribution in [0.5, 0.6) is 5.75 Å². The molecule has 1 heterocycles. The van der Waals surface area contributed by atoms with Gasteiger partial charge in [-0.3, -0.25) is 9.10 Å². The number of sulfonamides is 1. The number of ether oxygens (including phenoxy) is 1. The summed E-state index contributed by atoms with van der Waals surface area (Å²) in [6.07, 6.45) is 0.694. The second kappa shape index (κ2) is 8.38. The number of benzene rings is 3. The molecule has 1 amide bonds. The van der Waals surface area contributed by atoms with Gasteiger partial charge in [-0.2, -0.15) is 0 Å². The van der Waals surface area contributed by atoms with Gasteiger partial charge in [-0.05, 0) is 66.6 Å². The third kappa shape index (κ3) is 4.27. The van der Waals surface area contributed by atoms with Gasteiger partial charge in [0.15, 0.2) is 6.61 Å². The highest BCUT2D eigenvalue weighted by molar-refractivity contribution is 7.92. The number of halogens is 1. The van der Waals surface area contributed by atoms with Gasteiger partial charge < -0.3 is 10.1 Å². The highest BCUT2D eigenvalue weighted by Crippen LogP contribution is 2.33. The molecule has 1 N–H and O–H groups in total. The van der Waals surface area contributed by atoms with Gasteiger partial charge in [-0.25, -0.2) is 8.42 Å². The summed E-state index contributed by atoms with van der Waals surface area (Å²) in [7, 11) is -3.66. The van der Waals surface area contributed by atoms with Gasteiger partial charge in [0.1, 0.15) is 5.75 Å². The van der Waals surface area contributed by atoms with Crippen molar-refractivity contribution >= 4 is 38.9 Å². The van der Waals surface area contributed by atoms with Crippen LogP contribution in [0.25, 0.3) is 0 Å². The zero-order valence-electron chi connectivity index (χ0n) is 15.9. The Labute approximate surface area is 180 Å². The van der Waals surface area contributed by atoms with Crippen LogP contribution in [0, 0.1) is 0 Å². The summed E-state index contributed by atoms with van der Waals surface area (Å²) in [6.45, 7) is 0.221. The average molecular weight is 443 g/mol. The fourth-order valence-electron chi connectivity index (χ4n) is 3.27. The molecular weight excluding hydrogens is 424 g/mol. The highest BCUT2D eigenvalue weighted by Gasteiger charge is 2.30. The standard InChI is InChI=1S/C22H19ClN2O4S/c23-17-5-7-18(8-6-17)24-22(26)15-29-19-9-11-20(12-10-19)30(27,28)25-14-13-16-3-1-2-4-21(16)25/h1-12H,13-15H2,(H,24,26). The fraction of sp³-hybridized carbons (Fsp3) is 0.136. The Morgan fingerprint density at radius 1 is 1.00 bits per heavy atom.